The molecule has 1 N–H and O–H groups in total. The minimum absolute atomic E-state index is 0.313. The van der Waals surface area contributed by atoms with Crippen molar-refractivity contribution in [2.45, 2.75) is 32.0 Å². The van der Waals surface area contributed by atoms with Gasteiger partial charge < -0.3 is 10.0 Å². The first kappa shape index (κ1) is 22.3. The first-order valence-electron chi connectivity index (χ1n) is 9.30. The Labute approximate surface area is 174 Å². The van der Waals surface area contributed by atoms with Crippen LogP contribution >= 0.6 is 11.3 Å². The number of carboxylic acid groups (broad SMARTS) is 1. The van der Waals surface area contributed by atoms with Gasteiger partial charge in [0, 0.05) is 36.6 Å². The zero-order chi connectivity index (χ0) is 21.8. The number of halogens is 4. The molecule has 164 valence electrons. The summed E-state index contributed by atoms with van der Waals surface area (Å²) in [4.78, 5) is 26.3. The van der Waals surface area contributed by atoms with E-state index in [-0.39, 0.29) is 5.82 Å². The average molecular weight is 447 g/mol. The van der Waals surface area contributed by atoms with Crippen LogP contribution in [0.1, 0.15) is 24.3 Å². The number of aromatic nitrogens is 3. The molecule has 0 amide bonds. The summed E-state index contributed by atoms with van der Waals surface area (Å²) in [5.41, 5.74) is 0.313. The van der Waals surface area contributed by atoms with E-state index in [1.807, 2.05) is 11.6 Å². The van der Waals surface area contributed by atoms with E-state index in [4.69, 9.17) is 9.90 Å². The third-order valence-corrected chi connectivity index (χ3v) is 5.92. The number of alkyl halides is 3. The van der Waals surface area contributed by atoms with E-state index in [1.54, 1.807) is 11.3 Å². The minimum Gasteiger partial charge on any atom is -0.475 e. The number of anilines is 1. The van der Waals surface area contributed by atoms with Crippen LogP contribution in [0.15, 0.2) is 24.0 Å². The van der Waals surface area contributed by atoms with Gasteiger partial charge >= 0.3 is 12.1 Å². The lowest BCUT2D eigenvalue weighted by atomic mass is 9.79. The summed E-state index contributed by atoms with van der Waals surface area (Å²) in [6.45, 7) is 5.10. The van der Waals surface area contributed by atoms with Crippen molar-refractivity contribution in [1.29, 1.82) is 0 Å². The molecule has 2 aromatic heterocycles. The van der Waals surface area contributed by atoms with Gasteiger partial charge in [0.1, 0.15) is 5.01 Å². The van der Waals surface area contributed by atoms with E-state index in [0.29, 0.717) is 11.4 Å². The van der Waals surface area contributed by atoms with Crippen LogP contribution in [0.3, 0.4) is 0 Å². The van der Waals surface area contributed by atoms with Crippen LogP contribution in [-0.2, 0) is 11.3 Å². The second-order valence-corrected chi connectivity index (χ2v) is 8.39. The lowest BCUT2D eigenvalue weighted by Crippen LogP contribution is -2.45. The smallest absolute Gasteiger partial charge is 0.475 e. The van der Waals surface area contributed by atoms with E-state index in [2.05, 4.69) is 24.8 Å². The van der Waals surface area contributed by atoms with Gasteiger partial charge in [-0.3, -0.25) is 4.90 Å². The Balaban J connectivity index is 0.000000318. The van der Waals surface area contributed by atoms with Crippen LogP contribution in [0.2, 0.25) is 0 Å². The minimum atomic E-state index is -5.08. The summed E-state index contributed by atoms with van der Waals surface area (Å²) in [5.74, 6) is -2.48. The van der Waals surface area contributed by atoms with Crippen molar-refractivity contribution >= 4 is 23.3 Å². The molecule has 2 aliphatic rings. The predicted octanol–water partition coefficient (Wildman–Crippen LogP) is 3.20. The quantitative estimate of drug-likeness (QED) is 0.724. The van der Waals surface area contributed by atoms with Gasteiger partial charge in [-0.05, 0) is 25.8 Å². The van der Waals surface area contributed by atoms with Crippen molar-refractivity contribution in [3.63, 3.8) is 0 Å². The molecular weight excluding hydrogens is 426 g/mol. The average Bonchev–Trinajstić information content (AvgIpc) is 3.33. The molecule has 2 fully saturated rings. The maximum Gasteiger partial charge on any atom is 0.490 e. The molecule has 12 heteroatoms. The van der Waals surface area contributed by atoms with Gasteiger partial charge in [-0.15, -0.1) is 11.3 Å². The van der Waals surface area contributed by atoms with Gasteiger partial charge in [-0.1, -0.05) is 0 Å². The zero-order valence-corrected chi connectivity index (χ0v) is 16.8. The largest absolute Gasteiger partial charge is 0.490 e. The monoisotopic (exact) mass is 447 g/mol. The van der Waals surface area contributed by atoms with Crippen molar-refractivity contribution < 1.29 is 27.5 Å². The van der Waals surface area contributed by atoms with Gasteiger partial charge in [-0.2, -0.15) is 13.2 Å². The molecule has 2 aliphatic heterocycles. The maximum atomic E-state index is 13.0. The Morgan fingerprint density at radius 1 is 1.17 bits per heavy atom. The topological polar surface area (TPSA) is 82.5 Å². The number of thiazole rings is 1. The Bertz CT molecular complexity index is 834. The Kier molecular flexibility index (Phi) is 6.86. The molecule has 0 aromatic carbocycles. The van der Waals surface area contributed by atoms with Crippen LogP contribution in [0.5, 0.6) is 0 Å². The van der Waals surface area contributed by atoms with Crippen molar-refractivity contribution in [2.75, 3.05) is 31.1 Å². The molecule has 1 spiro atoms. The molecule has 0 bridgehead atoms. The predicted molar refractivity (Wildman–Crippen MR) is 102 cm³/mol. The van der Waals surface area contributed by atoms with Gasteiger partial charge in [0.05, 0.1) is 18.9 Å². The van der Waals surface area contributed by atoms with E-state index >= 15 is 0 Å². The zero-order valence-electron chi connectivity index (χ0n) is 16.0. The third kappa shape index (κ3) is 5.85. The highest BCUT2D eigenvalue weighted by atomic mass is 32.1. The number of hydrogen-bond donors (Lipinski definition) is 1. The van der Waals surface area contributed by atoms with E-state index in [9.17, 15) is 17.6 Å². The SMILES string of the molecule is Fc1cnc(N2CCCC3(CCN(Cc4nccs4)C3)C2)nc1.O=C(O)C(F)(F)F. The fourth-order valence-corrected chi connectivity index (χ4v) is 4.52. The van der Waals surface area contributed by atoms with Crippen LogP contribution < -0.4 is 4.90 Å². The fourth-order valence-electron chi connectivity index (χ4n) is 3.87. The van der Waals surface area contributed by atoms with Crippen LogP contribution in [0.4, 0.5) is 23.5 Å². The third-order valence-electron chi connectivity index (χ3n) is 5.15. The maximum absolute atomic E-state index is 13.0. The molecule has 0 aliphatic carbocycles. The Morgan fingerprint density at radius 2 is 1.87 bits per heavy atom. The number of carboxylic acids is 1. The lowest BCUT2D eigenvalue weighted by molar-refractivity contribution is -0.192. The van der Waals surface area contributed by atoms with Gasteiger partial charge in [0.2, 0.25) is 5.95 Å². The Morgan fingerprint density at radius 3 is 2.47 bits per heavy atom. The molecule has 1 atom stereocenters. The fraction of sp³-hybridized carbons (Fsp3) is 0.556. The summed E-state index contributed by atoms with van der Waals surface area (Å²) in [6.07, 6.45) is 2.90. The van der Waals surface area contributed by atoms with E-state index in [1.165, 1.54) is 30.2 Å². The number of carbonyl (C=O) groups is 1. The molecule has 2 saturated heterocycles. The molecular formula is C18H21F4N5O2S. The molecule has 4 heterocycles. The van der Waals surface area contributed by atoms with E-state index < -0.39 is 12.1 Å². The van der Waals surface area contributed by atoms with E-state index in [0.717, 1.165) is 39.1 Å². The van der Waals surface area contributed by atoms with Gasteiger partial charge in [0.15, 0.2) is 5.82 Å². The second-order valence-electron chi connectivity index (χ2n) is 7.42. The summed E-state index contributed by atoms with van der Waals surface area (Å²) < 4.78 is 44.8. The standard InChI is InChI=1S/C16H20FN5S.C2HF3O2/c17-13-8-19-15(20-9-13)22-5-1-2-16(12-22)3-6-21(11-16)10-14-18-4-7-23-14;3-2(4,5)1(6)7/h4,7-9H,1-3,5-6,10-12H2;(H,6,7). The normalized spacial score (nSPS) is 22.1. The molecule has 4 rings (SSSR count). The number of hydrogen-bond acceptors (Lipinski definition) is 7. The lowest BCUT2D eigenvalue weighted by Gasteiger charge is -2.40. The first-order valence-corrected chi connectivity index (χ1v) is 10.2. The van der Waals surface area contributed by atoms with Gasteiger partial charge in [-0.25, -0.2) is 24.1 Å². The number of likely N-dealkylation sites (tertiary alicyclic amines) is 1. The number of piperidine rings is 1. The number of nitrogens with zero attached hydrogens (tertiary/aromatic N) is 5. The second kappa shape index (κ2) is 9.21. The highest BCUT2D eigenvalue weighted by molar-refractivity contribution is 7.09. The van der Waals surface area contributed by atoms with Gasteiger partial charge in [0.25, 0.3) is 0 Å². The van der Waals surface area contributed by atoms with Crippen molar-refractivity contribution in [2.24, 2.45) is 5.41 Å². The first-order chi connectivity index (χ1) is 14.2. The summed E-state index contributed by atoms with van der Waals surface area (Å²) in [7, 11) is 0. The summed E-state index contributed by atoms with van der Waals surface area (Å²) in [6, 6.07) is 0. The number of aliphatic carboxylic acids is 1. The molecule has 2 aromatic rings. The highest BCUT2D eigenvalue weighted by Crippen LogP contribution is 2.40. The molecule has 0 radical (unpaired) electrons. The molecule has 7 nitrogen and oxygen atoms in total. The van der Waals surface area contributed by atoms with Crippen LogP contribution in [0, 0.1) is 11.2 Å². The van der Waals surface area contributed by atoms with Crippen molar-refractivity contribution in [3.05, 3.63) is 34.8 Å². The Hall–Kier alpha value is -2.34. The summed E-state index contributed by atoms with van der Waals surface area (Å²) >= 11 is 1.72. The van der Waals surface area contributed by atoms with Crippen LogP contribution in [-0.4, -0.2) is 63.3 Å². The molecule has 1 unspecified atom stereocenters. The molecule has 30 heavy (non-hydrogen) atoms. The highest BCUT2D eigenvalue weighted by Gasteiger charge is 2.42. The van der Waals surface area contributed by atoms with Crippen molar-refractivity contribution in [3.8, 4) is 0 Å². The van der Waals surface area contributed by atoms with Crippen molar-refractivity contribution in [1.82, 2.24) is 19.9 Å². The molecule has 0 saturated carbocycles. The number of rotatable bonds is 3. The summed E-state index contributed by atoms with van der Waals surface area (Å²) in [5, 5.41) is 10.4. The van der Waals surface area contributed by atoms with Crippen LogP contribution in [0.25, 0.3) is 0 Å².